The summed E-state index contributed by atoms with van der Waals surface area (Å²) in [5.41, 5.74) is 2.18. The maximum Gasteiger partial charge on any atom is 0.0523 e. The van der Waals surface area contributed by atoms with Crippen molar-refractivity contribution in [2.75, 3.05) is 0 Å². The average molecular weight is 217 g/mol. The van der Waals surface area contributed by atoms with Crippen molar-refractivity contribution in [1.82, 2.24) is 5.32 Å². The fourth-order valence-corrected chi connectivity index (χ4v) is 2.47. The Morgan fingerprint density at radius 2 is 2.27 bits per heavy atom. The molecule has 0 aromatic carbocycles. The van der Waals surface area contributed by atoms with E-state index in [0.29, 0.717) is 0 Å². The van der Waals surface area contributed by atoms with E-state index >= 15 is 0 Å². The molecular weight excluding hydrogens is 202 g/mol. The van der Waals surface area contributed by atoms with Crippen LogP contribution in [0.4, 0.5) is 0 Å². The standard InChI is InChI=1S/C13H13NS.H2/c1-3-10-12(4-2)15-13-9-7-5-6-8-11(13)14-10;/h3-6,8-9,14H,1-2,7H2;1H. The second-order valence-corrected chi connectivity index (χ2v) is 4.31. The number of hydrogen-bond donors (Lipinski definition) is 1. The monoisotopic (exact) mass is 217 g/mol. The summed E-state index contributed by atoms with van der Waals surface area (Å²) in [5.74, 6) is 0. The molecule has 2 rings (SSSR count). The SMILES string of the molecule is C=CC1=C(C=C)SC2=CCC=CC=C2N1.[HH]. The zero-order valence-corrected chi connectivity index (χ0v) is 9.31. The van der Waals surface area contributed by atoms with E-state index in [1.165, 1.54) is 4.91 Å². The lowest BCUT2D eigenvalue weighted by Crippen LogP contribution is -2.17. The van der Waals surface area contributed by atoms with Gasteiger partial charge in [-0.25, -0.2) is 0 Å². The quantitative estimate of drug-likeness (QED) is 0.753. The van der Waals surface area contributed by atoms with E-state index in [2.05, 4.69) is 42.8 Å². The Kier molecular flexibility index (Phi) is 2.97. The first kappa shape index (κ1) is 10.1. The Hall–Kier alpha value is -1.41. The third kappa shape index (κ3) is 2.00. The minimum Gasteiger partial charge on any atom is -0.354 e. The van der Waals surface area contributed by atoms with Crippen molar-refractivity contribution in [1.29, 1.82) is 0 Å². The van der Waals surface area contributed by atoms with Crippen molar-refractivity contribution in [2.24, 2.45) is 0 Å². The second-order valence-electron chi connectivity index (χ2n) is 3.23. The molecule has 0 aromatic rings. The number of nitrogens with one attached hydrogen (secondary N) is 1. The fourth-order valence-electron chi connectivity index (χ4n) is 1.49. The van der Waals surface area contributed by atoms with Gasteiger partial charge in [-0.2, -0.15) is 0 Å². The number of fused-ring (bicyclic) bond motifs is 1. The molecule has 78 valence electrons. The summed E-state index contributed by atoms with van der Waals surface area (Å²) in [6, 6.07) is 0. The molecule has 0 saturated heterocycles. The van der Waals surface area contributed by atoms with Crippen LogP contribution in [-0.4, -0.2) is 0 Å². The molecule has 0 aromatic heterocycles. The van der Waals surface area contributed by atoms with E-state index < -0.39 is 0 Å². The molecule has 2 heteroatoms. The van der Waals surface area contributed by atoms with Crippen molar-refractivity contribution < 1.29 is 1.43 Å². The Balaban J connectivity index is 0.00000128. The van der Waals surface area contributed by atoms with Gasteiger partial charge >= 0.3 is 0 Å². The molecule has 1 N–H and O–H groups in total. The van der Waals surface area contributed by atoms with Crippen LogP contribution in [0.25, 0.3) is 0 Å². The van der Waals surface area contributed by atoms with Crippen LogP contribution in [0.3, 0.4) is 0 Å². The number of allylic oxidation sites excluding steroid dienone is 6. The first-order chi connectivity index (χ1) is 7.35. The summed E-state index contributed by atoms with van der Waals surface area (Å²) < 4.78 is 0. The smallest absolute Gasteiger partial charge is 0.0523 e. The van der Waals surface area contributed by atoms with E-state index in [4.69, 9.17) is 0 Å². The molecule has 0 saturated carbocycles. The third-order valence-electron chi connectivity index (χ3n) is 2.25. The van der Waals surface area contributed by atoms with Gasteiger partial charge in [0, 0.05) is 11.2 Å². The second kappa shape index (κ2) is 4.41. The van der Waals surface area contributed by atoms with Crippen LogP contribution < -0.4 is 5.32 Å². The Morgan fingerprint density at radius 3 is 3.00 bits per heavy atom. The third-order valence-corrected chi connectivity index (χ3v) is 3.46. The lowest BCUT2D eigenvalue weighted by atomic mass is 10.3. The van der Waals surface area contributed by atoms with E-state index in [1.54, 1.807) is 11.8 Å². The van der Waals surface area contributed by atoms with Crippen LogP contribution in [0.5, 0.6) is 0 Å². The van der Waals surface area contributed by atoms with Crippen LogP contribution in [0.15, 0.2) is 70.8 Å². The molecule has 1 nitrogen and oxygen atoms in total. The normalized spacial score (nSPS) is 19.5. The van der Waals surface area contributed by atoms with Crippen molar-refractivity contribution >= 4 is 11.8 Å². The molecule has 0 spiro atoms. The zero-order valence-electron chi connectivity index (χ0n) is 8.49. The van der Waals surface area contributed by atoms with E-state index in [9.17, 15) is 0 Å². The molecule has 0 fully saturated rings. The maximum absolute atomic E-state index is 3.81. The molecule has 1 aliphatic heterocycles. The van der Waals surface area contributed by atoms with Crippen molar-refractivity contribution in [3.63, 3.8) is 0 Å². The highest BCUT2D eigenvalue weighted by molar-refractivity contribution is 8.07. The topological polar surface area (TPSA) is 12.0 Å². The summed E-state index contributed by atoms with van der Waals surface area (Å²) in [4.78, 5) is 2.40. The number of rotatable bonds is 2. The van der Waals surface area contributed by atoms with Crippen LogP contribution in [-0.2, 0) is 0 Å². The Bertz CT molecular complexity index is 427. The number of hydrogen-bond acceptors (Lipinski definition) is 2. The molecule has 0 amide bonds. The van der Waals surface area contributed by atoms with E-state index in [0.717, 1.165) is 22.7 Å². The highest BCUT2D eigenvalue weighted by atomic mass is 32.2. The van der Waals surface area contributed by atoms with Crippen molar-refractivity contribution in [2.45, 2.75) is 6.42 Å². The predicted molar refractivity (Wildman–Crippen MR) is 70.2 cm³/mol. The fraction of sp³-hybridized carbons (Fsp3) is 0.0769. The summed E-state index contributed by atoms with van der Waals surface area (Å²) in [6.45, 7) is 7.61. The van der Waals surface area contributed by atoms with Crippen LogP contribution in [0, 0.1) is 0 Å². The maximum atomic E-state index is 3.81. The van der Waals surface area contributed by atoms with Gasteiger partial charge in [-0.05, 0) is 18.6 Å². The number of thioether (sulfide) groups is 1. The minimum atomic E-state index is 0. The van der Waals surface area contributed by atoms with Gasteiger partial charge in [0.15, 0.2) is 0 Å². The molecular formula is C13H15NS. The van der Waals surface area contributed by atoms with Crippen LogP contribution in [0.2, 0.25) is 0 Å². The molecule has 0 atom stereocenters. The van der Waals surface area contributed by atoms with Gasteiger partial charge in [0.2, 0.25) is 0 Å². The molecule has 0 unspecified atom stereocenters. The van der Waals surface area contributed by atoms with Crippen LogP contribution >= 0.6 is 11.8 Å². The Morgan fingerprint density at radius 1 is 1.40 bits per heavy atom. The van der Waals surface area contributed by atoms with Gasteiger partial charge in [0.1, 0.15) is 0 Å². The zero-order chi connectivity index (χ0) is 10.7. The highest BCUT2D eigenvalue weighted by Crippen LogP contribution is 2.38. The molecule has 1 heterocycles. The van der Waals surface area contributed by atoms with Gasteiger partial charge in [0.25, 0.3) is 0 Å². The van der Waals surface area contributed by atoms with Gasteiger partial charge in [-0.1, -0.05) is 49.2 Å². The summed E-state index contributed by atoms with van der Waals surface area (Å²) >= 11 is 1.74. The van der Waals surface area contributed by atoms with Gasteiger partial charge in [-0.3, -0.25) is 0 Å². The van der Waals surface area contributed by atoms with Gasteiger partial charge < -0.3 is 5.32 Å². The summed E-state index contributed by atoms with van der Waals surface area (Å²) in [6.07, 6.45) is 13.2. The molecule has 1 aliphatic carbocycles. The molecule has 0 radical (unpaired) electrons. The van der Waals surface area contributed by atoms with Crippen molar-refractivity contribution in [3.8, 4) is 0 Å². The molecule has 2 aliphatic rings. The summed E-state index contributed by atoms with van der Waals surface area (Å²) in [5, 5.41) is 3.36. The minimum absolute atomic E-state index is 0. The first-order valence-corrected chi connectivity index (χ1v) is 5.68. The first-order valence-electron chi connectivity index (χ1n) is 4.86. The van der Waals surface area contributed by atoms with Crippen molar-refractivity contribution in [3.05, 3.63) is 70.8 Å². The molecule has 15 heavy (non-hydrogen) atoms. The van der Waals surface area contributed by atoms with Gasteiger partial charge in [0.05, 0.1) is 11.4 Å². The molecule has 0 bridgehead atoms. The highest BCUT2D eigenvalue weighted by Gasteiger charge is 2.17. The van der Waals surface area contributed by atoms with E-state index in [-0.39, 0.29) is 1.43 Å². The van der Waals surface area contributed by atoms with Crippen LogP contribution in [0.1, 0.15) is 7.85 Å². The lowest BCUT2D eigenvalue weighted by molar-refractivity contribution is 1.03. The Labute approximate surface area is 96.1 Å². The van der Waals surface area contributed by atoms with Gasteiger partial charge in [-0.15, -0.1) is 0 Å². The summed E-state index contributed by atoms with van der Waals surface area (Å²) in [7, 11) is 0. The average Bonchev–Trinajstić information content (AvgIpc) is 2.51. The lowest BCUT2D eigenvalue weighted by Gasteiger charge is -2.22. The largest absolute Gasteiger partial charge is 0.354 e. The predicted octanol–water partition coefficient (Wildman–Crippen LogP) is 3.88. The van der Waals surface area contributed by atoms with E-state index in [1.807, 2.05) is 12.2 Å².